The number of hydrogen-bond donors (Lipinski definition) is 4. The van der Waals surface area contributed by atoms with Gasteiger partial charge in [-0.3, -0.25) is 4.79 Å². The van der Waals surface area contributed by atoms with Crippen LogP contribution in [0.5, 0.6) is 5.75 Å². The summed E-state index contributed by atoms with van der Waals surface area (Å²) >= 11 is 5.97. The predicted octanol–water partition coefficient (Wildman–Crippen LogP) is -0.0682. The molecule has 0 bridgehead atoms. The van der Waals surface area contributed by atoms with Crippen molar-refractivity contribution in [3.05, 3.63) is 34.5 Å². The van der Waals surface area contributed by atoms with Gasteiger partial charge in [-0.2, -0.15) is 0 Å². The first-order valence-electron chi connectivity index (χ1n) is 8.72. The van der Waals surface area contributed by atoms with E-state index in [-0.39, 0.29) is 32.1 Å². The van der Waals surface area contributed by atoms with Crippen molar-refractivity contribution in [3.63, 3.8) is 0 Å². The largest absolute Gasteiger partial charge is 0.495 e. The molecule has 2 rings (SSSR count). The molecule has 0 radical (unpaired) electrons. The minimum Gasteiger partial charge on any atom is -0.495 e. The molecule has 0 saturated heterocycles. The Bertz CT molecular complexity index is 796. The van der Waals surface area contributed by atoms with E-state index in [1.807, 2.05) is 0 Å². The fourth-order valence-electron chi connectivity index (χ4n) is 2.71. The van der Waals surface area contributed by atoms with Crippen LogP contribution in [0.25, 0.3) is 0 Å². The number of anilines is 1. The van der Waals surface area contributed by atoms with Crippen LogP contribution in [0.4, 0.5) is 10.5 Å². The van der Waals surface area contributed by atoms with Gasteiger partial charge in [0.2, 0.25) is 0 Å². The quantitative estimate of drug-likeness (QED) is 0.448. The van der Waals surface area contributed by atoms with Crippen molar-refractivity contribution >= 4 is 35.2 Å². The third kappa shape index (κ3) is 5.86. The standard InChI is InChI=1S/C18H23ClN4O5/c1-4-28-17(25)12-8-20-18(26)22-14(12)9-23(2)10-16(24)21-13-7-11(19)5-6-15(13)27-3/h5-7H,4,8-10H2,1-3H3,(H,21,24)(H2,20,22,26)/p+1. The number of methoxy groups -OCH3 is 1. The molecule has 9 nitrogen and oxygen atoms in total. The van der Waals surface area contributed by atoms with Gasteiger partial charge in [-0.1, -0.05) is 11.6 Å². The van der Waals surface area contributed by atoms with E-state index >= 15 is 0 Å². The van der Waals surface area contributed by atoms with Gasteiger partial charge >= 0.3 is 12.0 Å². The van der Waals surface area contributed by atoms with E-state index in [4.69, 9.17) is 21.1 Å². The number of amides is 3. The molecule has 152 valence electrons. The molecule has 3 amide bonds. The molecule has 1 heterocycles. The molecular weight excluding hydrogens is 388 g/mol. The van der Waals surface area contributed by atoms with Crippen LogP contribution in [0.2, 0.25) is 5.02 Å². The first-order chi connectivity index (χ1) is 13.3. The van der Waals surface area contributed by atoms with Crippen LogP contribution >= 0.6 is 11.6 Å². The summed E-state index contributed by atoms with van der Waals surface area (Å²) < 4.78 is 10.2. The fourth-order valence-corrected chi connectivity index (χ4v) is 2.88. The Kier molecular flexibility index (Phi) is 7.65. The number of nitrogens with one attached hydrogen (secondary N) is 4. The number of ether oxygens (including phenoxy) is 2. The molecule has 1 aromatic rings. The van der Waals surface area contributed by atoms with Gasteiger partial charge in [0.15, 0.2) is 6.54 Å². The Morgan fingerprint density at radius 2 is 2.11 bits per heavy atom. The molecule has 1 unspecified atom stereocenters. The highest BCUT2D eigenvalue weighted by Gasteiger charge is 2.26. The van der Waals surface area contributed by atoms with E-state index in [0.29, 0.717) is 27.7 Å². The van der Waals surface area contributed by atoms with Crippen molar-refractivity contribution in [3.8, 4) is 5.75 Å². The number of quaternary nitrogens is 1. The number of urea groups is 1. The van der Waals surface area contributed by atoms with Crippen LogP contribution < -0.4 is 25.6 Å². The lowest BCUT2D eigenvalue weighted by Crippen LogP contribution is -3.10. The van der Waals surface area contributed by atoms with Gasteiger partial charge in [-0.15, -0.1) is 0 Å². The Morgan fingerprint density at radius 1 is 1.36 bits per heavy atom. The number of likely N-dealkylation sites (N-methyl/N-ethyl adjacent to an activating group) is 1. The van der Waals surface area contributed by atoms with E-state index in [1.165, 1.54) is 7.11 Å². The third-order valence-corrected chi connectivity index (χ3v) is 4.19. The van der Waals surface area contributed by atoms with Gasteiger partial charge < -0.3 is 30.3 Å². The highest BCUT2D eigenvalue weighted by atomic mass is 35.5. The van der Waals surface area contributed by atoms with Crippen LogP contribution in [0, 0.1) is 0 Å². The summed E-state index contributed by atoms with van der Waals surface area (Å²) in [5, 5.41) is 8.39. The minimum absolute atomic E-state index is 0.0825. The topological polar surface area (TPSA) is 110 Å². The smallest absolute Gasteiger partial charge is 0.337 e. The molecule has 10 heteroatoms. The maximum absolute atomic E-state index is 12.4. The molecule has 0 saturated carbocycles. The number of benzene rings is 1. The van der Waals surface area contributed by atoms with Gasteiger partial charge in [-0.05, 0) is 25.1 Å². The third-order valence-electron chi connectivity index (χ3n) is 3.95. The molecule has 0 aliphatic carbocycles. The SMILES string of the molecule is CCOC(=O)C1=C(C[NH+](C)CC(=O)Nc2cc(Cl)ccc2OC)NC(=O)NC1. The van der Waals surface area contributed by atoms with Crippen LogP contribution in [-0.4, -0.2) is 58.3 Å². The van der Waals surface area contributed by atoms with Crippen molar-refractivity contribution in [1.29, 1.82) is 0 Å². The molecule has 1 aromatic carbocycles. The summed E-state index contributed by atoms with van der Waals surface area (Å²) in [5.74, 6) is -0.268. The highest BCUT2D eigenvalue weighted by molar-refractivity contribution is 6.31. The number of rotatable bonds is 8. The van der Waals surface area contributed by atoms with Crippen molar-refractivity contribution in [1.82, 2.24) is 10.6 Å². The zero-order chi connectivity index (χ0) is 20.7. The first-order valence-corrected chi connectivity index (χ1v) is 9.10. The zero-order valence-corrected chi connectivity index (χ0v) is 16.7. The molecule has 1 aliphatic rings. The summed E-state index contributed by atoms with van der Waals surface area (Å²) in [7, 11) is 3.28. The van der Waals surface area contributed by atoms with E-state index in [2.05, 4.69) is 16.0 Å². The van der Waals surface area contributed by atoms with Crippen molar-refractivity contribution in [2.45, 2.75) is 6.92 Å². The molecular formula is C18H24ClN4O5+. The van der Waals surface area contributed by atoms with Crippen LogP contribution in [0.1, 0.15) is 6.92 Å². The lowest BCUT2D eigenvalue weighted by molar-refractivity contribution is -0.866. The van der Waals surface area contributed by atoms with Gasteiger partial charge in [0.1, 0.15) is 12.3 Å². The van der Waals surface area contributed by atoms with Gasteiger partial charge in [-0.25, -0.2) is 9.59 Å². The van der Waals surface area contributed by atoms with E-state index in [1.54, 1.807) is 32.2 Å². The average molecular weight is 412 g/mol. The van der Waals surface area contributed by atoms with Gasteiger partial charge in [0.05, 0.1) is 44.3 Å². The lowest BCUT2D eigenvalue weighted by atomic mass is 10.1. The second kappa shape index (κ2) is 9.95. The second-order valence-corrected chi connectivity index (χ2v) is 6.63. The number of halogens is 1. The van der Waals surface area contributed by atoms with Crippen molar-refractivity contribution in [2.75, 3.05) is 45.7 Å². The minimum atomic E-state index is -0.495. The number of hydrogen-bond acceptors (Lipinski definition) is 5. The van der Waals surface area contributed by atoms with Crippen molar-refractivity contribution in [2.24, 2.45) is 0 Å². The zero-order valence-electron chi connectivity index (χ0n) is 16.0. The summed E-state index contributed by atoms with van der Waals surface area (Å²) in [6, 6.07) is 4.53. The van der Waals surface area contributed by atoms with Gasteiger partial charge in [0, 0.05) is 5.02 Å². The van der Waals surface area contributed by atoms with E-state index < -0.39 is 12.0 Å². The molecule has 1 atom stereocenters. The Balaban J connectivity index is 2.04. The first kappa shape index (κ1) is 21.5. The van der Waals surface area contributed by atoms with Gasteiger partial charge in [0.25, 0.3) is 5.91 Å². The lowest BCUT2D eigenvalue weighted by Gasteiger charge is -2.23. The molecule has 0 spiro atoms. The number of esters is 1. The Labute approximate surface area is 168 Å². The van der Waals surface area contributed by atoms with Crippen molar-refractivity contribution < 1.29 is 28.8 Å². The van der Waals surface area contributed by atoms with Crippen LogP contribution in [0.3, 0.4) is 0 Å². The van der Waals surface area contributed by atoms with Crippen LogP contribution in [0.15, 0.2) is 29.5 Å². The molecule has 1 aliphatic heterocycles. The summed E-state index contributed by atoms with van der Waals surface area (Å²) in [5.41, 5.74) is 1.25. The van der Waals surface area contributed by atoms with E-state index in [0.717, 1.165) is 4.90 Å². The average Bonchev–Trinajstić information content (AvgIpc) is 2.62. The number of carbonyl (C=O) groups excluding carboxylic acids is 3. The Hall–Kier alpha value is -2.78. The van der Waals surface area contributed by atoms with Crippen LogP contribution in [-0.2, 0) is 14.3 Å². The normalized spacial score (nSPS) is 14.6. The monoisotopic (exact) mass is 411 g/mol. The number of carbonyl (C=O) groups is 3. The fraction of sp³-hybridized carbons (Fsp3) is 0.389. The molecule has 28 heavy (non-hydrogen) atoms. The summed E-state index contributed by atoms with van der Waals surface area (Å²) in [6.07, 6.45) is 0. The second-order valence-electron chi connectivity index (χ2n) is 6.19. The van der Waals surface area contributed by atoms with E-state index in [9.17, 15) is 14.4 Å². The molecule has 4 N–H and O–H groups in total. The Morgan fingerprint density at radius 3 is 2.79 bits per heavy atom. The molecule has 0 fully saturated rings. The maximum Gasteiger partial charge on any atom is 0.337 e. The summed E-state index contributed by atoms with van der Waals surface area (Å²) in [6.45, 7) is 2.38. The maximum atomic E-state index is 12.4. The molecule has 0 aromatic heterocycles. The predicted molar refractivity (Wildman–Crippen MR) is 103 cm³/mol. The highest BCUT2D eigenvalue weighted by Crippen LogP contribution is 2.27. The summed E-state index contributed by atoms with van der Waals surface area (Å²) in [4.78, 5) is 36.8.